The third-order valence-corrected chi connectivity index (χ3v) is 4.70. The Hall–Kier alpha value is -1.45. The Labute approximate surface area is 116 Å². The van der Waals surface area contributed by atoms with Crippen LogP contribution in [-0.2, 0) is 10.3 Å². The number of benzene rings is 1. The molecule has 1 aromatic rings. The first kappa shape index (κ1) is 12.6. The highest BCUT2D eigenvalue weighted by molar-refractivity contribution is 7.98. The number of hydrogen-bond acceptors (Lipinski definition) is 5. The summed E-state index contributed by atoms with van der Waals surface area (Å²) in [6, 6.07) is 3.93. The Kier molecular flexibility index (Phi) is 3.25. The molecule has 1 aliphatic heterocycles. The molecule has 1 saturated carbocycles. The second-order valence-corrected chi connectivity index (χ2v) is 5.64. The lowest BCUT2D eigenvalue weighted by Gasteiger charge is -2.25. The average Bonchev–Trinajstić information content (AvgIpc) is 3.06. The van der Waals surface area contributed by atoms with Crippen molar-refractivity contribution in [1.29, 1.82) is 0 Å². The molecule has 0 unspecified atom stereocenters. The maximum absolute atomic E-state index is 10.8. The third kappa shape index (κ3) is 1.94. The molecule has 0 saturated heterocycles. The molecule has 0 spiro atoms. The van der Waals surface area contributed by atoms with Crippen LogP contribution >= 0.6 is 11.8 Å². The number of aliphatic imine (C=N–C) groups is 1. The van der Waals surface area contributed by atoms with Crippen molar-refractivity contribution in [1.82, 2.24) is 0 Å². The summed E-state index contributed by atoms with van der Waals surface area (Å²) in [6.07, 6.45) is 7.75. The van der Waals surface area contributed by atoms with Crippen LogP contribution in [0.15, 0.2) is 22.0 Å². The molecule has 3 rings (SSSR count). The monoisotopic (exact) mass is 277 g/mol. The Morgan fingerprint density at radius 1 is 1.32 bits per heavy atom. The van der Waals surface area contributed by atoms with Gasteiger partial charge in [-0.3, -0.25) is 0 Å². The van der Waals surface area contributed by atoms with Crippen LogP contribution in [0, 0.1) is 0 Å². The molecule has 0 N–H and O–H groups in total. The van der Waals surface area contributed by atoms with E-state index in [2.05, 4.69) is 4.99 Å². The van der Waals surface area contributed by atoms with Gasteiger partial charge in [0.05, 0.1) is 10.4 Å². The molecule has 0 aromatic heterocycles. The molecule has 0 radical (unpaired) electrons. The first-order valence-corrected chi connectivity index (χ1v) is 7.59. The number of nitrogens with zero attached hydrogens (tertiary/aromatic N) is 1. The minimum atomic E-state index is -0.416. The van der Waals surface area contributed by atoms with Gasteiger partial charge >= 0.3 is 0 Å². The van der Waals surface area contributed by atoms with Gasteiger partial charge in [0.1, 0.15) is 0 Å². The molecule has 2 aliphatic rings. The fraction of sp³-hybridized carbons (Fsp3) is 0.500. The molecule has 1 fully saturated rings. The summed E-state index contributed by atoms with van der Waals surface area (Å²) in [5.41, 5.74) is 0.659. The van der Waals surface area contributed by atoms with E-state index in [1.54, 1.807) is 17.8 Å². The zero-order valence-electron chi connectivity index (χ0n) is 10.8. The molecule has 1 aromatic carbocycles. The molecule has 1 heterocycles. The fourth-order valence-corrected chi connectivity index (χ4v) is 3.83. The van der Waals surface area contributed by atoms with Gasteiger partial charge in [0.25, 0.3) is 0 Å². The van der Waals surface area contributed by atoms with Crippen LogP contribution in [-0.4, -0.2) is 19.1 Å². The highest BCUT2D eigenvalue weighted by Crippen LogP contribution is 2.51. The van der Waals surface area contributed by atoms with Crippen molar-refractivity contribution in [3.63, 3.8) is 0 Å². The lowest BCUT2D eigenvalue weighted by atomic mass is 9.88. The Bertz CT molecular complexity index is 546. The first-order chi connectivity index (χ1) is 9.30. The van der Waals surface area contributed by atoms with Crippen molar-refractivity contribution in [3.8, 4) is 11.5 Å². The molecule has 100 valence electrons. The third-order valence-electron chi connectivity index (χ3n) is 3.89. The van der Waals surface area contributed by atoms with E-state index in [1.807, 2.05) is 18.4 Å². The summed E-state index contributed by atoms with van der Waals surface area (Å²) in [6.45, 7) is 0.260. The van der Waals surface area contributed by atoms with E-state index in [1.165, 1.54) is 0 Å². The lowest BCUT2D eigenvalue weighted by molar-refractivity contribution is 0.172. The van der Waals surface area contributed by atoms with Crippen LogP contribution in [0.1, 0.15) is 31.2 Å². The highest BCUT2D eigenvalue weighted by Gasteiger charge is 2.39. The summed E-state index contributed by atoms with van der Waals surface area (Å²) in [5, 5.41) is 0. The number of thioether (sulfide) groups is 1. The maximum atomic E-state index is 10.8. The van der Waals surface area contributed by atoms with E-state index in [0.717, 1.165) is 47.6 Å². The summed E-state index contributed by atoms with van der Waals surface area (Å²) in [7, 11) is 0. The van der Waals surface area contributed by atoms with Crippen LogP contribution in [0.3, 0.4) is 0 Å². The molecule has 19 heavy (non-hydrogen) atoms. The number of ether oxygens (including phenoxy) is 2. The Balaban J connectivity index is 2.16. The van der Waals surface area contributed by atoms with Gasteiger partial charge in [-0.1, -0.05) is 18.9 Å². The van der Waals surface area contributed by atoms with Gasteiger partial charge in [0.2, 0.25) is 12.9 Å². The first-order valence-electron chi connectivity index (χ1n) is 6.37. The quantitative estimate of drug-likeness (QED) is 0.483. The van der Waals surface area contributed by atoms with Crippen LogP contribution in [0.4, 0.5) is 0 Å². The number of hydrogen-bond donors (Lipinski definition) is 0. The lowest BCUT2D eigenvalue weighted by Crippen LogP contribution is -2.20. The van der Waals surface area contributed by atoms with E-state index in [0.29, 0.717) is 0 Å². The smallest absolute Gasteiger partial charge is 0.235 e. The van der Waals surface area contributed by atoms with Crippen LogP contribution < -0.4 is 9.47 Å². The predicted octanol–water partition coefficient (Wildman–Crippen LogP) is 3.24. The van der Waals surface area contributed by atoms with Gasteiger partial charge in [0.15, 0.2) is 11.5 Å². The molecule has 5 heteroatoms. The molecule has 1 aliphatic carbocycles. The maximum Gasteiger partial charge on any atom is 0.235 e. The number of fused-ring (bicyclic) bond motifs is 1. The number of carbonyl (C=O) groups excluding carboxylic acids is 1. The van der Waals surface area contributed by atoms with Crippen molar-refractivity contribution >= 4 is 17.8 Å². The van der Waals surface area contributed by atoms with E-state index in [-0.39, 0.29) is 6.79 Å². The molecule has 0 bridgehead atoms. The van der Waals surface area contributed by atoms with Crippen molar-refractivity contribution in [2.75, 3.05) is 13.0 Å². The molecule has 0 atom stereocenters. The minimum Gasteiger partial charge on any atom is -0.454 e. The van der Waals surface area contributed by atoms with Crippen LogP contribution in [0.2, 0.25) is 0 Å². The van der Waals surface area contributed by atoms with Gasteiger partial charge < -0.3 is 9.47 Å². The van der Waals surface area contributed by atoms with E-state index < -0.39 is 5.54 Å². The van der Waals surface area contributed by atoms with Gasteiger partial charge in [0, 0.05) is 0 Å². The minimum absolute atomic E-state index is 0.260. The van der Waals surface area contributed by atoms with Crippen molar-refractivity contribution in [2.24, 2.45) is 4.99 Å². The van der Waals surface area contributed by atoms with Crippen molar-refractivity contribution in [2.45, 2.75) is 36.1 Å². The Morgan fingerprint density at radius 2 is 2.11 bits per heavy atom. The second kappa shape index (κ2) is 4.91. The zero-order chi connectivity index (χ0) is 13.3. The molecule has 0 amide bonds. The molecule has 4 nitrogen and oxygen atoms in total. The van der Waals surface area contributed by atoms with Crippen LogP contribution in [0.25, 0.3) is 0 Å². The number of rotatable bonds is 3. The topological polar surface area (TPSA) is 47.9 Å². The standard InChI is InChI=1S/C14H15NO3S/c1-19-13-10(4-5-11-12(13)18-9-17-11)14(15-8-16)6-2-3-7-14/h4-5H,2-3,6-7,9H2,1H3. The van der Waals surface area contributed by atoms with E-state index >= 15 is 0 Å². The summed E-state index contributed by atoms with van der Waals surface area (Å²) in [5.74, 6) is 1.56. The highest BCUT2D eigenvalue weighted by atomic mass is 32.2. The SMILES string of the molecule is CSc1c(C2(N=C=O)CCCC2)ccc2c1OCO2. The average molecular weight is 277 g/mol. The van der Waals surface area contributed by atoms with E-state index in [9.17, 15) is 4.79 Å². The normalized spacial score (nSPS) is 19.2. The number of isocyanates is 1. The van der Waals surface area contributed by atoms with Gasteiger partial charge in [-0.05, 0) is 30.7 Å². The van der Waals surface area contributed by atoms with E-state index in [4.69, 9.17) is 9.47 Å². The molecular formula is C14H15NO3S. The Morgan fingerprint density at radius 3 is 2.79 bits per heavy atom. The summed E-state index contributed by atoms with van der Waals surface area (Å²) in [4.78, 5) is 16.0. The summed E-state index contributed by atoms with van der Waals surface area (Å²) < 4.78 is 11.0. The van der Waals surface area contributed by atoms with Crippen LogP contribution in [0.5, 0.6) is 11.5 Å². The largest absolute Gasteiger partial charge is 0.454 e. The fourth-order valence-electron chi connectivity index (χ4n) is 3.00. The van der Waals surface area contributed by atoms with Crippen molar-refractivity contribution < 1.29 is 14.3 Å². The van der Waals surface area contributed by atoms with Gasteiger partial charge in [-0.25, -0.2) is 4.79 Å². The van der Waals surface area contributed by atoms with Crippen molar-refractivity contribution in [3.05, 3.63) is 17.7 Å². The second-order valence-electron chi connectivity index (χ2n) is 4.82. The zero-order valence-corrected chi connectivity index (χ0v) is 11.6. The predicted molar refractivity (Wildman–Crippen MR) is 72.6 cm³/mol. The summed E-state index contributed by atoms with van der Waals surface area (Å²) >= 11 is 1.62. The molecular weight excluding hydrogens is 262 g/mol. The van der Waals surface area contributed by atoms with Gasteiger partial charge in [-0.2, -0.15) is 4.99 Å². The van der Waals surface area contributed by atoms with Gasteiger partial charge in [-0.15, -0.1) is 11.8 Å².